The van der Waals surface area contributed by atoms with Gasteiger partial charge in [-0.3, -0.25) is 4.79 Å². The third-order valence-electron chi connectivity index (χ3n) is 6.28. The number of carbonyl (C=O) groups is 1. The van der Waals surface area contributed by atoms with Gasteiger partial charge in [-0.05, 0) is 55.0 Å². The van der Waals surface area contributed by atoms with Crippen LogP contribution in [0.2, 0.25) is 0 Å². The van der Waals surface area contributed by atoms with E-state index in [1.54, 1.807) is 11.4 Å². The SMILES string of the molecule is COc1ccc(CCN2C[C@H]3CCN(C(=O)c4ccccc4)CC[C@H]3S2(=O)=O)cc1. The van der Waals surface area contributed by atoms with Crippen molar-refractivity contribution in [1.29, 1.82) is 0 Å². The van der Waals surface area contributed by atoms with Gasteiger partial charge in [-0.15, -0.1) is 0 Å². The summed E-state index contributed by atoms with van der Waals surface area (Å²) in [5.41, 5.74) is 1.76. The van der Waals surface area contributed by atoms with Crippen LogP contribution in [-0.2, 0) is 16.4 Å². The number of benzene rings is 2. The van der Waals surface area contributed by atoms with Gasteiger partial charge in [0.1, 0.15) is 5.75 Å². The summed E-state index contributed by atoms with van der Waals surface area (Å²) >= 11 is 0. The number of hydrogen-bond donors (Lipinski definition) is 0. The molecule has 0 saturated carbocycles. The highest BCUT2D eigenvalue weighted by Crippen LogP contribution is 2.34. The summed E-state index contributed by atoms with van der Waals surface area (Å²) in [5, 5.41) is -0.387. The smallest absolute Gasteiger partial charge is 0.253 e. The number of fused-ring (bicyclic) bond motifs is 1. The maximum Gasteiger partial charge on any atom is 0.253 e. The minimum Gasteiger partial charge on any atom is -0.497 e. The van der Waals surface area contributed by atoms with E-state index in [1.807, 2.05) is 59.5 Å². The lowest BCUT2D eigenvalue weighted by atomic mass is 10.0. The van der Waals surface area contributed by atoms with Crippen LogP contribution in [-0.4, -0.2) is 62.1 Å². The number of likely N-dealkylation sites (tertiary alicyclic amines) is 1. The van der Waals surface area contributed by atoms with Crippen LogP contribution >= 0.6 is 0 Å². The molecule has 0 N–H and O–H groups in total. The molecule has 2 aliphatic heterocycles. The van der Waals surface area contributed by atoms with Gasteiger partial charge in [-0.25, -0.2) is 12.7 Å². The molecule has 0 aliphatic carbocycles. The highest BCUT2D eigenvalue weighted by atomic mass is 32.2. The van der Waals surface area contributed by atoms with Gasteiger partial charge in [0, 0.05) is 31.7 Å². The fraction of sp³-hybridized carbons (Fsp3) is 0.435. The molecule has 2 atom stereocenters. The lowest BCUT2D eigenvalue weighted by Gasteiger charge is -2.22. The monoisotopic (exact) mass is 428 g/mol. The summed E-state index contributed by atoms with van der Waals surface area (Å²) in [4.78, 5) is 14.6. The van der Waals surface area contributed by atoms with Gasteiger partial charge in [0.15, 0.2) is 0 Å². The molecule has 7 heteroatoms. The Morgan fingerprint density at radius 2 is 1.73 bits per heavy atom. The topological polar surface area (TPSA) is 66.9 Å². The van der Waals surface area contributed by atoms with Gasteiger partial charge in [-0.2, -0.15) is 0 Å². The molecule has 2 heterocycles. The molecule has 0 spiro atoms. The molecule has 2 aromatic carbocycles. The third kappa shape index (κ3) is 4.23. The van der Waals surface area contributed by atoms with Crippen molar-refractivity contribution in [2.75, 3.05) is 33.3 Å². The molecule has 4 rings (SSSR count). The first-order chi connectivity index (χ1) is 14.5. The fourth-order valence-electron chi connectivity index (χ4n) is 4.53. The first kappa shape index (κ1) is 20.9. The number of rotatable bonds is 5. The number of nitrogens with zero attached hydrogens (tertiary/aromatic N) is 2. The fourth-order valence-corrected chi connectivity index (χ4v) is 6.77. The van der Waals surface area contributed by atoms with Crippen molar-refractivity contribution in [1.82, 2.24) is 9.21 Å². The van der Waals surface area contributed by atoms with E-state index in [2.05, 4.69) is 0 Å². The third-order valence-corrected chi connectivity index (χ3v) is 8.71. The second kappa shape index (κ2) is 8.78. The van der Waals surface area contributed by atoms with Crippen LogP contribution in [0.15, 0.2) is 54.6 Å². The van der Waals surface area contributed by atoms with Crippen molar-refractivity contribution in [2.45, 2.75) is 24.5 Å². The number of methoxy groups -OCH3 is 1. The standard InChI is InChI=1S/C23H28N2O4S/c1-29-21-9-7-18(8-10-21)11-16-25-17-20-12-14-24(15-13-22(20)30(25,27)28)23(26)19-5-3-2-4-6-19/h2-10,20,22H,11-17H2,1H3/t20-,22-/m1/s1. The van der Waals surface area contributed by atoms with Crippen LogP contribution in [0.1, 0.15) is 28.8 Å². The van der Waals surface area contributed by atoms with Crippen LogP contribution in [0.5, 0.6) is 5.75 Å². The van der Waals surface area contributed by atoms with Crippen molar-refractivity contribution >= 4 is 15.9 Å². The predicted octanol–water partition coefficient (Wildman–Crippen LogP) is 2.80. The van der Waals surface area contributed by atoms with E-state index in [4.69, 9.17) is 4.74 Å². The second-order valence-corrected chi connectivity index (χ2v) is 10.2. The molecule has 160 valence electrons. The number of amides is 1. The van der Waals surface area contributed by atoms with Gasteiger partial charge in [0.05, 0.1) is 12.4 Å². The summed E-state index contributed by atoms with van der Waals surface area (Å²) in [5.74, 6) is 0.869. The van der Waals surface area contributed by atoms with Gasteiger partial charge in [0.25, 0.3) is 5.91 Å². The van der Waals surface area contributed by atoms with E-state index in [0.717, 1.165) is 17.7 Å². The second-order valence-electron chi connectivity index (χ2n) is 8.04. The summed E-state index contributed by atoms with van der Waals surface area (Å²) in [6.07, 6.45) is 1.91. The van der Waals surface area contributed by atoms with Crippen LogP contribution < -0.4 is 4.74 Å². The van der Waals surface area contributed by atoms with Crippen molar-refractivity contribution in [2.24, 2.45) is 5.92 Å². The van der Waals surface area contributed by atoms with Gasteiger partial charge in [0.2, 0.25) is 10.0 Å². The largest absolute Gasteiger partial charge is 0.497 e. The lowest BCUT2D eigenvalue weighted by molar-refractivity contribution is 0.0759. The maximum atomic E-state index is 13.2. The van der Waals surface area contributed by atoms with Gasteiger partial charge in [-0.1, -0.05) is 30.3 Å². The predicted molar refractivity (Wildman–Crippen MR) is 116 cm³/mol. The van der Waals surface area contributed by atoms with E-state index >= 15 is 0 Å². The Kier molecular flexibility index (Phi) is 6.11. The zero-order valence-electron chi connectivity index (χ0n) is 17.2. The number of sulfonamides is 1. The lowest BCUT2D eigenvalue weighted by Crippen LogP contribution is -2.35. The minimum absolute atomic E-state index is 0.00988. The highest BCUT2D eigenvalue weighted by molar-refractivity contribution is 7.90. The Hall–Kier alpha value is -2.38. The van der Waals surface area contributed by atoms with E-state index < -0.39 is 10.0 Å². The van der Waals surface area contributed by atoms with E-state index in [9.17, 15) is 13.2 Å². The highest BCUT2D eigenvalue weighted by Gasteiger charge is 2.46. The molecule has 2 fully saturated rings. The molecule has 2 aromatic rings. The first-order valence-electron chi connectivity index (χ1n) is 10.5. The van der Waals surface area contributed by atoms with Crippen molar-refractivity contribution in [3.05, 3.63) is 65.7 Å². The molecular formula is C23H28N2O4S. The molecule has 0 aromatic heterocycles. The van der Waals surface area contributed by atoms with Crippen LogP contribution in [0.3, 0.4) is 0 Å². The molecule has 0 bridgehead atoms. The van der Waals surface area contributed by atoms with Crippen LogP contribution in [0.4, 0.5) is 0 Å². The Morgan fingerprint density at radius 3 is 2.43 bits per heavy atom. The molecule has 0 unspecified atom stereocenters. The molecule has 2 aliphatic rings. The summed E-state index contributed by atoms with van der Waals surface area (Å²) in [6.45, 7) is 2.14. The van der Waals surface area contributed by atoms with Gasteiger partial charge < -0.3 is 9.64 Å². The Labute approximate surface area is 178 Å². The number of hydrogen-bond acceptors (Lipinski definition) is 4. The molecular weight excluding hydrogens is 400 g/mol. The normalized spacial score (nSPS) is 23.6. The zero-order valence-corrected chi connectivity index (χ0v) is 18.1. The molecule has 1 amide bonds. The molecule has 30 heavy (non-hydrogen) atoms. The Morgan fingerprint density at radius 1 is 1.03 bits per heavy atom. The number of carbonyl (C=O) groups excluding carboxylic acids is 1. The summed E-state index contributed by atoms with van der Waals surface area (Å²) in [7, 11) is -1.71. The van der Waals surface area contributed by atoms with Crippen molar-refractivity contribution in [3.8, 4) is 5.75 Å². The van der Waals surface area contributed by atoms with Crippen LogP contribution in [0.25, 0.3) is 0 Å². The zero-order chi connectivity index (χ0) is 21.1. The Bertz CT molecular complexity index is 976. The average molecular weight is 429 g/mol. The molecule has 6 nitrogen and oxygen atoms in total. The maximum absolute atomic E-state index is 13.2. The van der Waals surface area contributed by atoms with E-state index in [-0.39, 0.29) is 17.1 Å². The quantitative estimate of drug-likeness (QED) is 0.735. The minimum atomic E-state index is -3.34. The molecule has 0 radical (unpaired) electrons. The summed E-state index contributed by atoms with van der Waals surface area (Å²) < 4.78 is 33.1. The first-order valence-corrected chi connectivity index (χ1v) is 12.0. The van der Waals surface area contributed by atoms with E-state index in [1.165, 1.54) is 0 Å². The van der Waals surface area contributed by atoms with E-state index in [0.29, 0.717) is 44.6 Å². The van der Waals surface area contributed by atoms with Crippen molar-refractivity contribution < 1.29 is 17.9 Å². The number of ether oxygens (including phenoxy) is 1. The van der Waals surface area contributed by atoms with Crippen LogP contribution in [0, 0.1) is 5.92 Å². The molecule has 2 saturated heterocycles. The van der Waals surface area contributed by atoms with Gasteiger partial charge >= 0.3 is 0 Å². The Balaban J connectivity index is 1.38. The average Bonchev–Trinajstić information content (AvgIpc) is 2.90. The van der Waals surface area contributed by atoms with Crippen molar-refractivity contribution in [3.63, 3.8) is 0 Å². The summed E-state index contributed by atoms with van der Waals surface area (Å²) in [6, 6.07) is 17.0.